The molecule has 2 amide bonds. The molecule has 1 aromatic rings. The highest BCUT2D eigenvalue weighted by atomic mass is 16.2. The molecule has 1 aliphatic carbocycles. The van der Waals surface area contributed by atoms with Crippen LogP contribution in [0.1, 0.15) is 82.2 Å². The van der Waals surface area contributed by atoms with Gasteiger partial charge in [0.15, 0.2) is 0 Å². The van der Waals surface area contributed by atoms with Crippen molar-refractivity contribution in [1.29, 1.82) is 0 Å². The molecule has 1 saturated heterocycles. The van der Waals surface area contributed by atoms with Gasteiger partial charge in [0.25, 0.3) is 0 Å². The van der Waals surface area contributed by atoms with Gasteiger partial charge in [0.2, 0.25) is 11.8 Å². The number of carbonyl (C=O) groups excluding carboxylic acids is 2. The minimum Gasteiger partial charge on any atom is -0.356 e. The van der Waals surface area contributed by atoms with Gasteiger partial charge in [-0.25, -0.2) is 0 Å². The molecular formula is C23H34N2O2. The molecule has 1 unspecified atom stereocenters. The first kappa shape index (κ1) is 19.9. The monoisotopic (exact) mass is 370 g/mol. The van der Waals surface area contributed by atoms with E-state index in [0.717, 1.165) is 44.3 Å². The van der Waals surface area contributed by atoms with Crippen LogP contribution in [0.15, 0.2) is 30.3 Å². The SMILES string of the molecule is O=C1CC(c2ccccc2)N(C(=O)CC2CCCCC2)CCCCCCN1. The van der Waals surface area contributed by atoms with Crippen molar-refractivity contribution in [3.8, 4) is 0 Å². The fourth-order valence-electron chi connectivity index (χ4n) is 4.53. The summed E-state index contributed by atoms with van der Waals surface area (Å²) in [6.07, 6.45) is 11.4. The second-order valence-electron chi connectivity index (χ2n) is 8.19. The lowest BCUT2D eigenvalue weighted by Crippen LogP contribution is -2.39. The van der Waals surface area contributed by atoms with Crippen molar-refractivity contribution in [3.63, 3.8) is 0 Å². The van der Waals surface area contributed by atoms with E-state index in [1.54, 1.807) is 0 Å². The van der Waals surface area contributed by atoms with Gasteiger partial charge in [0.05, 0.1) is 12.5 Å². The van der Waals surface area contributed by atoms with Gasteiger partial charge in [0.1, 0.15) is 0 Å². The van der Waals surface area contributed by atoms with Crippen LogP contribution in [0.5, 0.6) is 0 Å². The van der Waals surface area contributed by atoms with Crippen LogP contribution in [0.2, 0.25) is 0 Å². The van der Waals surface area contributed by atoms with E-state index in [1.807, 2.05) is 23.1 Å². The summed E-state index contributed by atoms with van der Waals surface area (Å²) in [7, 11) is 0. The van der Waals surface area contributed by atoms with Crippen molar-refractivity contribution < 1.29 is 9.59 Å². The normalized spacial score (nSPS) is 23.3. The summed E-state index contributed by atoms with van der Waals surface area (Å²) in [4.78, 5) is 27.8. The third-order valence-electron chi connectivity index (χ3n) is 6.10. The average Bonchev–Trinajstić information content (AvgIpc) is 2.74. The Hall–Kier alpha value is -1.84. The summed E-state index contributed by atoms with van der Waals surface area (Å²) >= 11 is 0. The van der Waals surface area contributed by atoms with E-state index in [9.17, 15) is 9.59 Å². The van der Waals surface area contributed by atoms with Crippen LogP contribution in [0.4, 0.5) is 0 Å². The summed E-state index contributed by atoms with van der Waals surface area (Å²) in [6.45, 7) is 1.51. The smallest absolute Gasteiger partial charge is 0.223 e. The molecule has 0 bridgehead atoms. The van der Waals surface area contributed by atoms with E-state index >= 15 is 0 Å². The van der Waals surface area contributed by atoms with E-state index in [0.29, 0.717) is 18.8 Å². The van der Waals surface area contributed by atoms with Gasteiger partial charge in [-0.05, 0) is 37.2 Å². The quantitative estimate of drug-likeness (QED) is 0.845. The number of carbonyl (C=O) groups is 2. The molecule has 1 aromatic carbocycles. The Labute approximate surface area is 163 Å². The Morgan fingerprint density at radius 3 is 2.44 bits per heavy atom. The lowest BCUT2D eigenvalue weighted by Gasteiger charge is -2.34. The largest absolute Gasteiger partial charge is 0.356 e. The van der Waals surface area contributed by atoms with Crippen LogP contribution in [0.3, 0.4) is 0 Å². The maximum absolute atomic E-state index is 13.3. The van der Waals surface area contributed by atoms with Gasteiger partial charge in [-0.1, -0.05) is 62.4 Å². The van der Waals surface area contributed by atoms with Gasteiger partial charge in [-0.3, -0.25) is 9.59 Å². The second kappa shape index (κ2) is 10.5. The molecule has 4 heteroatoms. The molecule has 1 atom stereocenters. The molecule has 0 spiro atoms. The van der Waals surface area contributed by atoms with Gasteiger partial charge in [0, 0.05) is 19.5 Å². The molecule has 1 aliphatic heterocycles. The summed E-state index contributed by atoms with van der Waals surface area (Å²) in [5, 5.41) is 3.04. The van der Waals surface area contributed by atoms with Crippen molar-refractivity contribution in [3.05, 3.63) is 35.9 Å². The number of amides is 2. The Kier molecular flexibility index (Phi) is 7.73. The number of nitrogens with zero attached hydrogens (tertiary/aromatic N) is 1. The van der Waals surface area contributed by atoms with Crippen LogP contribution in [0, 0.1) is 5.92 Å². The molecule has 4 nitrogen and oxygen atoms in total. The van der Waals surface area contributed by atoms with Crippen LogP contribution in [0.25, 0.3) is 0 Å². The lowest BCUT2D eigenvalue weighted by atomic mass is 9.86. The first-order valence-corrected chi connectivity index (χ1v) is 10.8. The Bertz CT molecular complexity index is 596. The molecule has 0 radical (unpaired) electrons. The Morgan fingerprint density at radius 2 is 1.67 bits per heavy atom. The highest BCUT2D eigenvalue weighted by Gasteiger charge is 2.29. The van der Waals surface area contributed by atoms with E-state index in [-0.39, 0.29) is 17.9 Å². The predicted octanol–water partition coefficient (Wildman–Crippen LogP) is 4.61. The Morgan fingerprint density at radius 1 is 0.963 bits per heavy atom. The summed E-state index contributed by atoms with van der Waals surface area (Å²) in [6, 6.07) is 9.95. The molecule has 1 heterocycles. The molecule has 1 saturated carbocycles. The van der Waals surface area contributed by atoms with Gasteiger partial charge >= 0.3 is 0 Å². The van der Waals surface area contributed by atoms with Crippen molar-refractivity contribution in [1.82, 2.24) is 10.2 Å². The minimum absolute atomic E-state index is 0.0567. The zero-order valence-corrected chi connectivity index (χ0v) is 16.5. The molecule has 1 N–H and O–H groups in total. The third kappa shape index (κ3) is 6.08. The van der Waals surface area contributed by atoms with Crippen LogP contribution in [-0.4, -0.2) is 29.8 Å². The summed E-state index contributed by atoms with van der Waals surface area (Å²) in [5.41, 5.74) is 1.07. The second-order valence-corrected chi connectivity index (χ2v) is 8.19. The summed E-state index contributed by atoms with van der Waals surface area (Å²) < 4.78 is 0. The number of rotatable bonds is 3. The van der Waals surface area contributed by atoms with Crippen LogP contribution < -0.4 is 5.32 Å². The van der Waals surface area contributed by atoms with E-state index in [2.05, 4.69) is 17.4 Å². The first-order chi connectivity index (χ1) is 13.2. The minimum atomic E-state index is -0.152. The zero-order chi connectivity index (χ0) is 18.9. The third-order valence-corrected chi connectivity index (χ3v) is 6.10. The van der Waals surface area contributed by atoms with Gasteiger partial charge in [-0.15, -0.1) is 0 Å². The topological polar surface area (TPSA) is 49.4 Å². The van der Waals surface area contributed by atoms with Crippen LogP contribution in [-0.2, 0) is 9.59 Å². The van der Waals surface area contributed by atoms with Crippen molar-refractivity contribution in [2.24, 2.45) is 5.92 Å². The molecule has 2 fully saturated rings. The van der Waals surface area contributed by atoms with E-state index in [1.165, 1.54) is 32.1 Å². The Balaban J connectivity index is 1.79. The number of benzene rings is 1. The maximum atomic E-state index is 13.3. The van der Waals surface area contributed by atoms with Gasteiger partial charge in [-0.2, -0.15) is 0 Å². The maximum Gasteiger partial charge on any atom is 0.223 e. The van der Waals surface area contributed by atoms with Crippen molar-refractivity contribution >= 4 is 11.8 Å². The average molecular weight is 371 g/mol. The van der Waals surface area contributed by atoms with Crippen molar-refractivity contribution in [2.45, 2.75) is 76.7 Å². The molecule has 2 aliphatic rings. The molecule has 0 aromatic heterocycles. The number of nitrogens with one attached hydrogen (secondary N) is 1. The van der Waals surface area contributed by atoms with E-state index < -0.39 is 0 Å². The van der Waals surface area contributed by atoms with E-state index in [4.69, 9.17) is 0 Å². The molecule has 148 valence electrons. The highest BCUT2D eigenvalue weighted by molar-refractivity contribution is 5.80. The zero-order valence-electron chi connectivity index (χ0n) is 16.5. The predicted molar refractivity (Wildman–Crippen MR) is 108 cm³/mol. The summed E-state index contributed by atoms with van der Waals surface area (Å²) in [5.74, 6) is 0.818. The first-order valence-electron chi connectivity index (χ1n) is 10.8. The molecular weight excluding hydrogens is 336 g/mol. The lowest BCUT2D eigenvalue weighted by molar-refractivity contribution is -0.136. The fraction of sp³-hybridized carbons (Fsp3) is 0.652. The fourth-order valence-corrected chi connectivity index (χ4v) is 4.53. The van der Waals surface area contributed by atoms with Gasteiger partial charge < -0.3 is 10.2 Å². The number of hydrogen-bond donors (Lipinski definition) is 1. The highest BCUT2D eigenvalue weighted by Crippen LogP contribution is 2.31. The van der Waals surface area contributed by atoms with Crippen molar-refractivity contribution in [2.75, 3.05) is 13.1 Å². The standard InChI is InChI=1S/C23H34N2O2/c26-22-18-21(20-13-7-4-8-14-20)25(16-10-2-1-9-15-24-22)23(27)17-19-11-5-3-6-12-19/h4,7-8,13-14,19,21H,1-3,5-6,9-12,15-18H2,(H,24,26). The molecule has 3 rings (SSSR count). The van der Waals surface area contributed by atoms with Crippen LogP contribution >= 0.6 is 0 Å². The number of hydrogen-bond acceptors (Lipinski definition) is 2. The molecule has 27 heavy (non-hydrogen) atoms.